The zero-order chi connectivity index (χ0) is 8.55. The van der Waals surface area contributed by atoms with Crippen LogP contribution < -0.4 is 0 Å². The van der Waals surface area contributed by atoms with Gasteiger partial charge in [-0.1, -0.05) is 0 Å². The summed E-state index contributed by atoms with van der Waals surface area (Å²) >= 11 is 0. The number of aryl methyl sites for hydroxylation is 1. The van der Waals surface area contributed by atoms with Gasteiger partial charge in [0.2, 0.25) is 0 Å². The highest BCUT2D eigenvalue weighted by Crippen LogP contribution is 2.39. The minimum absolute atomic E-state index is 0.410. The molecule has 1 aliphatic rings. The Morgan fingerprint density at radius 3 is 2.50 bits per heavy atom. The van der Waals surface area contributed by atoms with Crippen LogP contribution in [0.5, 0.6) is 0 Å². The fraction of sp³-hybridized carbons (Fsp3) is 0.556. The molecule has 3 heteroatoms. The van der Waals surface area contributed by atoms with E-state index in [9.17, 15) is 5.11 Å². The summed E-state index contributed by atoms with van der Waals surface area (Å²) in [6.45, 7) is 1.94. The quantitative estimate of drug-likeness (QED) is 0.715. The Kier molecular flexibility index (Phi) is 1.81. The van der Waals surface area contributed by atoms with Crippen molar-refractivity contribution in [3.8, 4) is 0 Å². The zero-order valence-electron chi connectivity index (χ0n) is 7.07. The van der Waals surface area contributed by atoms with E-state index in [4.69, 9.17) is 0 Å². The highest BCUT2D eigenvalue weighted by Gasteiger charge is 2.32. The van der Waals surface area contributed by atoms with Crippen LogP contribution in [0.25, 0.3) is 0 Å². The Morgan fingerprint density at radius 2 is 2.00 bits per heavy atom. The Labute approximate surface area is 71.5 Å². The molecule has 1 aromatic heterocycles. The van der Waals surface area contributed by atoms with E-state index in [0.29, 0.717) is 11.7 Å². The van der Waals surface area contributed by atoms with Crippen LogP contribution in [0.4, 0.5) is 0 Å². The van der Waals surface area contributed by atoms with Crippen molar-refractivity contribution >= 4 is 0 Å². The van der Waals surface area contributed by atoms with Gasteiger partial charge in [0.25, 0.3) is 0 Å². The molecule has 1 unspecified atom stereocenters. The molecule has 0 amide bonds. The van der Waals surface area contributed by atoms with E-state index in [1.54, 1.807) is 12.4 Å². The van der Waals surface area contributed by atoms with Crippen molar-refractivity contribution in [2.75, 3.05) is 0 Å². The topological polar surface area (TPSA) is 46.0 Å². The Bertz CT molecular complexity index is 266. The van der Waals surface area contributed by atoms with Gasteiger partial charge in [-0.2, -0.15) is 0 Å². The molecule has 0 aromatic carbocycles. The Hall–Kier alpha value is -0.960. The van der Waals surface area contributed by atoms with Crippen LogP contribution >= 0.6 is 0 Å². The van der Waals surface area contributed by atoms with E-state index in [-0.39, 0.29) is 0 Å². The van der Waals surface area contributed by atoms with Gasteiger partial charge in [0.1, 0.15) is 6.10 Å². The van der Waals surface area contributed by atoms with E-state index in [0.717, 1.165) is 18.4 Å². The molecule has 0 saturated heterocycles. The molecule has 1 heterocycles. The van der Waals surface area contributed by atoms with Crippen LogP contribution in [0, 0.1) is 12.8 Å². The lowest BCUT2D eigenvalue weighted by Gasteiger charge is -2.06. The number of nitrogens with zero attached hydrogens (tertiary/aromatic N) is 2. The van der Waals surface area contributed by atoms with Crippen molar-refractivity contribution in [3.05, 3.63) is 23.8 Å². The molecule has 1 saturated carbocycles. The molecule has 0 spiro atoms. The van der Waals surface area contributed by atoms with E-state index < -0.39 is 6.10 Å². The number of aliphatic hydroxyl groups excluding tert-OH is 1. The number of hydrogen-bond donors (Lipinski definition) is 1. The smallest absolute Gasteiger partial charge is 0.157 e. The summed E-state index contributed by atoms with van der Waals surface area (Å²) in [4.78, 5) is 8.16. The second-order valence-electron chi connectivity index (χ2n) is 3.40. The first-order chi connectivity index (χ1) is 5.77. The van der Waals surface area contributed by atoms with Crippen molar-refractivity contribution in [3.63, 3.8) is 0 Å². The van der Waals surface area contributed by atoms with Crippen LogP contribution in [-0.4, -0.2) is 15.1 Å². The first kappa shape index (κ1) is 7.68. The Morgan fingerprint density at radius 1 is 1.42 bits per heavy atom. The zero-order valence-corrected chi connectivity index (χ0v) is 7.07. The largest absolute Gasteiger partial charge is 0.385 e. The Balaban J connectivity index is 2.16. The maximum Gasteiger partial charge on any atom is 0.157 e. The first-order valence-electron chi connectivity index (χ1n) is 4.24. The summed E-state index contributed by atoms with van der Waals surface area (Å²) in [6.07, 6.45) is 5.27. The van der Waals surface area contributed by atoms with E-state index in [1.165, 1.54) is 0 Å². The summed E-state index contributed by atoms with van der Waals surface area (Å²) in [5, 5.41) is 9.63. The highest BCUT2D eigenvalue weighted by atomic mass is 16.3. The highest BCUT2D eigenvalue weighted by molar-refractivity contribution is 5.05. The minimum Gasteiger partial charge on any atom is -0.385 e. The summed E-state index contributed by atoms with van der Waals surface area (Å²) in [5.41, 5.74) is 1.03. The van der Waals surface area contributed by atoms with Crippen molar-refractivity contribution in [1.29, 1.82) is 0 Å². The number of hydrogen-bond acceptors (Lipinski definition) is 3. The third-order valence-corrected chi connectivity index (χ3v) is 2.13. The molecule has 0 aliphatic heterocycles. The third kappa shape index (κ3) is 1.46. The van der Waals surface area contributed by atoms with Gasteiger partial charge in [-0.25, -0.2) is 9.97 Å². The van der Waals surface area contributed by atoms with Crippen LogP contribution in [0.1, 0.15) is 30.3 Å². The lowest BCUT2D eigenvalue weighted by atomic mass is 10.2. The second-order valence-corrected chi connectivity index (χ2v) is 3.40. The number of aromatic nitrogens is 2. The van der Waals surface area contributed by atoms with Gasteiger partial charge in [-0.15, -0.1) is 0 Å². The van der Waals surface area contributed by atoms with Crippen molar-refractivity contribution in [1.82, 2.24) is 9.97 Å². The molecular weight excluding hydrogens is 152 g/mol. The van der Waals surface area contributed by atoms with Crippen molar-refractivity contribution in [2.24, 2.45) is 5.92 Å². The predicted octanol–water partition coefficient (Wildman–Crippen LogP) is 1.23. The molecule has 1 atom stereocenters. The van der Waals surface area contributed by atoms with Crippen molar-refractivity contribution < 1.29 is 5.11 Å². The van der Waals surface area contributed by atoms with Gasteiger partial charge in [-0.3, -0.25) is 0 Å². The molecule has 0 radical (unpaired) electrons. The summed E-state index contributed by atoms with van der Waals surface area (Å²) in [5.74, 6) is 0.982. The van der Waals surface area contributed by atoms with Gasteiger partial charge in [-0.05, 0) is 31.2 Å². The number of rotatable bonds is 2. The maximum absolute atomic E-state index is 9.63. The van der Waals surface area contributed by atoms with Crippen LogP contribution in [0.2, 0.25) is 0 Å². The van der Waals surface area contributed by atoms with Gasteiger partial charge in [0, 0.05) is 12.4 Å². The first-order valence-corrected chi connectivity index (χ1v) is 4.24. The molecule has 12 heavy (non-hydrogen) atoms. The lowest BCUT2D eigenvalue weighted by Crippen LogP contribution is -2.05. The van der Waals surface area contributed by atoms with Crippen LogP contribution in [0.3, 0.4) is 0 Å². The molecular formula is C9H12N2O. The van der Waals surface area contributed by atoms with Crippen LogP contribution in [0.15, 0.2) is 12.4 Å². The van der Waals surface area contributed by atoms with Crippen LogP contribution in [-0.2, 0) is 0 Å². The van der Waals surface area contributed by atoms with E-state index >= 15 is 0 Å². The molecule has 1 aliphatic carbocycles. The average molecular weight is 164 g/mol. The van der Waals surface area contributed by atoms with E-state index in [1.807, 2.05) is 6.92 Å². The molecule has 1 N–H and O–H groups in total. The maximum atomic E-state index is 9.63. The second kappa shape index (κ2) is 2.83. The SMILES string of the molecule is Cc1cnc(C(O)C2CC2)nc1. The summed E-state index contributed by atoms with van der Waals surface area (Å²) < 4.78 is 0. The fourth-order valence-corrected chi connectivity index (χ4v) is 1.18. The normalized spacial score (nSPS) is 19.2. The molecule has 1 aromatic rings. The molecule has 3 nitrogen and oxygen atoms in total. The molecule has 64 valence electrons. The minimum atomic E-state index is -0.439. The predicted molar refractivity (Wildman–Crippen MR) is 44.5 cm³/mol. The summed E-state index contributed by atoms with van der Waals surface area (Å²) in [7, 11) is 0. The van der Waals surface area contributed by atoms with Gasteiger partial charge >= 0.3 is 0 Å². The number of aliphatic hydroxyl groups is 1. The lowest BCUT2D eigenvalue weighted by molar-refractivity contribution is 0.144. The average Bonchev–Trinajstić information content (AvgIpc) is 2.87. The molecule has 1 fully saturated rings. The summed E-state index contributed by atoms with van der Waals surface area (Å²) in [6, 6.07) is 0. The van der Waals surface area contributed by atoms with Gasteiger partial charge in [0.05, 0.1) is 0 Å². The standard InChI is InChI=1S/C9H12N2O/c1-6-4-10-9(11-5-6)8(12)7-2-3-7/h4-5,7-8,12H,2-3H2,1H3. The molecule has 0 bridgehead atoms. The fourth-order valence-electron chi connectivity index (χ4n) is 1.18. The molecule has 2 rings (SSSR count). The van der Waals surface area contributed by atoms with Gasteiger partial charge in [0.15, 0.2) is 5.82 Å². The van der Waals surface area contributed by atoms with Gasteiger partial charge < -0.3 is 5.11 Å². The monoisotopic (exact) mass is 164 g/mol. The third-order valence-electron chi connectivity index (χ3n) is 2.13. The van der Waals surface area contributed by atoms with Crippen molar-refractivity contribution in [2.45, 2.75) is 25.9 Å². The van der Waals surface area contributed by atoms with E-state index in [2.05, 4.69) is 9.97 Å².